The predicted octanol–water partition coefficient (Wildman–Crippen LogP) is 4.27. The van der Waals surface area contributed by atoms with E-state index in [0.29, 0.717) is 16.5 Å². The van der Waals surface area contributed by atoms with Crippen LogP contribution in [0.25, 0.3) is 0 Å². The van der Waals surface area contributed by atoms with Gasteiger partial charge in [0.2, 0.25) is 0 Å². The van der Waals surface area contributed by atoms with Crippen LogP contribution < -0.4 is 0 Å². The molecule has 0 N–H and O–H groups in total. The summed E-state index contributed by atoms with van der Waals surface area (Å²) >= 11 is 6.25. The molecule has 0 fully saturated rings. The number of benzene rings is 1. The Labute approximate surface area is 127 Å². The van der Waals surface area contributed by atoms with Crippen LogP contribution in [0, 0.1) is 11.6 Å². The Bertz CT molecular complexity index is 653. The molecule has 3 rings (SSSR count). The van der Waals surface area contributed by atoms with Gasteiger partial charge in [-0.1, -0.05) is 18.0 Å². The molecule has 1 aliphatic carbocycles. The molecule has 1 aromatic heterocycles. The van der Waals surface area contributed by atoms with Gasteiger partial charge in [0.05, 0.1) is 0 Å². The molecule has 0 saturated heterocycles. The van der Waals surface area contributed by atoms with Crippen molar-refractivity contribution in [2.75, 3.05) is 0 Å². The summed E-state index contributed by atoms with van der Waals surface area (Å²) in [5.41, 5.74) is 2.53. The maximum absolute atomic E-state index is 13.2. The van der Waals surface area contributed by atoms with Crippen LogP contribution in [0.3, 0.4) is 0 Å². The van der Waals surface area contributed by atoms with Gasteiger partial charge < -0.3 is 0 Å². The second-order valence-electron chi connectivity index (χ2n) is 5.37. The molecule has 5 heteroatoms. The van der Waals surface area contributed by atoms with Gasteiger partial charge in [-0.2, -0.15) is 0 Å². The topological polar surface area (TPSA) is 25.8 Å². The molecule has 0 spiro atoms. The number of rotatable bonds is 2. The standard InChI is InChI=1S/C16H15ClF2N2/c17-16-13-4-2-1-3-5-14(13)20-15(21-16)8-10-6-11(18)9-12(19)7-10/h6-7,9H,1-5,8H2. The van der Waals surface area contributed by atoms with E-state index in [9.17, 15) is 8.78 Å². The Morgan fingerprint density at radius 3 is 2.43 bits per heavy atom. The monoisotopic (exact) mass is 308 g/mol. The van der Waals surface area contributed by atoms with Crippen LogP contribution in [-0.4, -0.2) is 9.97 Å². The van der Waals surface area contributed by atoms with Crippen molar-refractivity contribution in [2.45, 2.75) is 38.5 Å². The molecule has 1 aromatic carbocycles. The Morgan fingerprint density at radius 2 is 1.67 bits per heavy atom. The van der Waals surface area contributed by atoms with Crippen molar-refractivity contribution in [3.05, 3.63) is 57.6 Å². The van der Waals surface area contributed by atoms with Crippen LogP contribution in [0.5, 0.6) is 0 Å². The van der Waals surface area contributed by atoms with Gasteiger partial charge in [-0.25, -0.2) is 18.7 Å². The number of halogens is 3. The maximum atomic E-state index is 13.2. The first-order valence-corrected chi connectivity index (χ1v) is 7.49. The first-order valence-electron chi connectivity index (χ1n) is 7.11. The van der Waals surface area contributed by atoms with Gasteiger partial charge in [0.25, 0.3) is 0 Å². The van der Waals surface area contributed by atoms with Gasteiger partial charge in [-0.15, -0.1) is 0 Å². The SMILES string of the molecule is Fc1cc(F)cc(Cc2nc(Cl)c3c(n2)CCCCC3)c1. The van der Waals surface area contributed by atoms with Crippen molar-refractivity contribution >= 4 is 11.6 Å². The summed E-state index contributed by atoms with van der Waals surface area (Å²) in [6.45, 7) is 0. The molecule has 110 valence electrons. The average Bonchev–Trinajstić information content (AvgIpc) is 2.63. The second-order valence-corrected chi connectivity index (χ2v) is 5.73. The molecule has 1 aliphatic rings. The van der Waals surface area contributed by atoms with Crippen LogP contribution >= 0.6 is 11.6 Å². The van der Waals surface area contributed by atoms with Crippen LogP contribution in [0.4, 0.5) is 8.78 Å². The predicted molar refractivity (Wildman–Crippen MR) is 77.5 cm³/mol. The van der Waals surface area contributed by atoms with E-state index in [1.165, 1.54) is 12.1 Å². The number of hydrogen-bond acceptors (Lipinski definition) is 2. The van der Waals surface area contributed by atoms with Crippen LogP contribution in [0.2, 0.25) is 5.15 Å². The fourth-order valence-corrected chi connectivity index (χ4v) is 3.05. The summed E-state index contributed by atoms with van der Waals surface area (Å²) in [5, 5.41) is 0.480. The van der Waals surface area contributed by atoms with E-state index in [1.807, 2.05) is 0 Å². The first-order chi connectivity index (χ1) is 10.1. The molecular weight excluding hydrogens is 294 g/mol. The van der Waals surface area contributed by atoms with Crippen LogP contribution in [0.1, 0.15) is 41.9 Å². The number of hydrogen-bond donors (Lipinski definition) is 0. The zero-order chi connectivity index (χ0) is 14.8. The molecule has 0 bridgehead atoms. The van der Waals surface area contributed by atoms with Gasteiger partial charge in [0, 0.05) is 23.7 Å². The van der Waals surface area contributed by atoms with Gasteiger partial charge in [0.15, 0.2) is 0 Å². The maximum Gasteiger partial charge on any atom is 0.136 e. The fraction of sp³-hybridized carbons (Fsp3) is 0.375. The third-order valence-electron chi connectivity index (χ3n) is 3.71. The molecule has 0 aliphatic heterocycles. The Morgan fingerprint density at radius 1 is 0.952 bits per heavy atom. The van der Waals surface area contributed by atoms with Crippen LogP contribution in [-0.2, 0) is 19.3 Å². The zero-order valence-corrected chi connectivity index (χ0v) is 12.3. The molecule has 0 atom stereocenters. The summed E-state index contributed by atoms with van der Waals surface area (Å²) in [6, 6.07) is 3.45. The van der Waals surface area contributed by atoms with E-state index in [1.54, 1.807) is 0 Å². The lowest BCUT2D eigenvalue weighted by Gasteiger charge is -2.09. The van der Waals surface area contributed by atoms with Gasteiger partial charge in [-0.3, -0.25) is 0 Å². The normalized spacial score (nSPS) is 14.6. The highest BCUT2D eigenvalue weighted by Crippen LogP contribution is 2.25. The number of aryl methyl sites for hydroxylation is 1. The Kier molecular flexibility index (Phi) is 4.15. The fourth-order valence-electron chi connectivity index (χ4n) is 2.75. The average molecular weight is 309 g/mol. The molecule has 0 unspecified atom stereocenters. The summed E-state index contributed by atoms with van der Waals surface area (Å²) < 4.78 is 26.5. The van der Waals surface area contributed by atoms with Crippen molar-refractivity contribution in [3.63, 3.8) is 0 Å². The summed E-state index contributed by atoms with van der Waals surface area (Å²) in [4.78, 5) is 8.84. The van der Waals surface area contributed by atoms with E-state index in [-0.39, 0.29) is 6.42 Å². The third-order valence-corrected chi connectivity index (χ3v) is 4.03. The van der Waals surface area contributed by atoms with Crippen molar-refractivity contribution in [2.24, 2.45) is 0 Å². The third kappa shape index (κ3) is 3.38. The van der Waals surface area contributed by atoms with Crippen LogP contribution in [0.15, 0.2) is 18.2 Å². The zero-order valence-electron chi connectivity index (χ0n) is 11.5. The van der Waals surface area contributed by atoms with E-state index in [0.717, 1.165) is 49.4 Å². The molecule has 1 heterocycles. The summed E-state index contributed by atoms with van der Waals surface area (Å²) in [6.07, 6.45) is 5.43. The highest BCUT2D eigenvalue weighted by Gasteiger charge is 2.16. The van der Waals surface area contributed by atoms with Gasteiger partial charge in [-0.05, 0) is 43.4 Å². The smallest absolute Gasteiger partial charge is 0.136 e. The number of aromatic nitrogens is 2. The Balaban J connectivity index is 1.92. The minimum absolute atomic E-state index is 0.279. The molecule has 0 saturated carbocycles. The molecule has 0 amide bonds. The minimum Gasteiger partial charge on any atom is -0.237 e. The van der Waals surface area contributed by atoms with Crippen molar-refractivity contribution in [1.82, 2.24) is 9.97 Å². The molecule has 2 nitrogen and oxygen atoms in total. The summed E-state index contributed by atoms with van der Waals surface area (Å²) in [7, 11) is 0. The minimum atomic E-state index is -0.592. The first kappa shape index (κ1) is 14.4. The Hall–Kier alpha value is -1.55. The largest absolute Gasteiger partial charge is 0.237 e. The second kappa shape index (κ2) is 6.06. The van der Waals surface area contributed by atoms with Crippen molar-refractivity contribution < 1.29 is 8.78 Å². The van der Waals surface area contributed by atoms with Crippen molar-refractivity contribution in [1.29, 1.82) is 0 Å². The summed E-state index contributed by atoms with van der Waals surface area (Å²) in [5.74, 6) is -0.664. The highest BCUT2D eigenvalue weighted by molar-refractivity contribution is 6.30. The lowest BCUT2D eigenvalue weighted by molar-refractivity contribution is 0.580. The van der Waals surface area contributed by atoms with E-state index in [4.69, 9.17) is 11.6 Å². The molecule has 21 heavy (non-hydrogen) atoms. The van der Waals surface area contributed by atoms with E-state index in [2.05, 4.69) is 9.97 Å². The van der Waals surface area contributed by atoms with Gasteiger partial charge >= 0.3 is 0 Å². The number of fused-ring (bicyclic) bond motifs is 1. The quantitative estimate of drug-likeness (QED) is 0.611. The highest BCUT2D eigenvalue weighted by atomic mass is 35.5. The van der Waals surface area contributed by atoms with E-state index < -0.39 is 11.6 Å². The molecule has 0 radical (unpaired) electrons. The molecule has 2 aromatic rings. The number of nitrogens with zero attached hydrogens (tertiary/aromatic N) is 2. The van der Waals surface area contributed by atoms with Crippen molar-refractivity contribution in [3.8, 4) is 0 Å². The molecular formula is C16H15ClF2N2. The lowest BCUT2D eigenvalue weighted by Crippen LogP contribution is -2.06. The van der Waals surface area contributed by atoms with E-state index >= 15 is 0 Å². The van der Waals surface area contributed by atoms with Gasteiger partial charge in [0.1, 0.15) is 22.6 Å². The lowest BCUT2D eigenvalue weighted by atomic mass is 10.1.